The third kappa shape index (κ3) is 3.15. The summed E-state index contributed by atoms with van der Waals surface area (Å²) in [5.74, 6) is 1.25. The van der Waals surface area contributed by atoms with E-state index >= 15 is 0 Å². The molecule has 1 N–H and O–H groups in total. The number of rotatable bonds is 4. The van der Waals surface area contributed by atoms with Gasteiger partial charge in [-0.2, -0.15) is 9.90 Å². The second kappa shape index (κ2) is 6.08. The predicted octanol–water partition coefficient (Wildman–Crippen LogP) is 2.97. The van der Waals surface area contributed by atoms with Gasteiger partial charge in [0.25, 0.3) is 5.91 Å². The molecule has 0 bridgehead atoms. The zero-order valence-electron chi connectivity index (χ0n) is 13.3. The molecular formula is C17H18N4O2. The Morgan fingerprint density at radius 3 is 2.52 bits per heavy atom. The Morgan fingerprint density at radius 1 is 1.13 bits per heavy atom. The van der Waals surface area contributed by atoms with Gasteiger partial charge in [0.05, 0.1) is 17.4 Å². The van der Waals surface area contributed by atoms with Gasteiger partial charge in [-0.05, 0) is 45.0 Å². The predicted molar refractivity (Wildman–Crippen MR) is 85.4 cm³/mol. The van der Waals surface area contributed by atoms with Crippen molar-refractivity contribution in [3.63, 3.8) is 0 Å². The van der Waals surface area contributed by atoms with E-state index in [1.807, 2.05) is 56.3 Å². The summed E-state index contributed by atoms with van der Waals surface area (Å²) in [7, 11) is 0. The molecule has 6 heteroatoms. The minimum Gasteiger partial charge on any atom is -0.464 e. The van der Waals surface area contributed by atoms with E-state index in [0.717, 1.165) is 11.4 Å². The standard InChI is InChI=1S/C17H18N4O2/c1-11-9-10-15(23-11)12(2)18-17(22)16-13(3)19-21(20-16)14-7-5-4-6-8-14/h4-10,12H,1-3H3,(H,18,22). The Labute approximate surface area is 134 Å². The molecule has 1 unspecified atom stereocenters. The Balaban J connectivity index is 1.79. The van der Waals surface area contributed by atoms with Crippen LogP contribution < -0.4 is 5.32 Å². The van der Waals surface area contributed by atoms with Crippen LogP contribution in [-0.4, -0.2) is 20.9 Å². The van der Waals surface area contributed by atoms with Gasteiger partial charge in [-0.1, -0.05) is 18.2 Å². The highest BCUT2D eigenvalue weighted by Crippen LogP contribution is 2.16. The summed E-state index contributed by atoms with van der Waals surface area (Å²) in [6.45, 7) is 5.50. The lowest BCUT2D eigenvalue weighted by molar-refractivity contribution is 0.0929. The number of carbonyl (C=O) groups is 1. The fourth-order valence-corrected chi connectivity index (χ4v) is 2.29. The number of amides is 1. The fourth-order valence-electron chi connectivity index (χ4n) is 2.29. The average molecular weight is 310 g/mol. The van der Waals surface area contributed by atoms with E-state index < -0.39 is 0 Å². The van der Waals surface area contributed by atoms with Crippen LogP contribution in [0.1, 0.15) is 40.7 Å². The second-order valence-electron chi connectivity index (χ2n) is 5.40. The molecule has 1 atom stereocenters. The molecule has 23 heavy (non-hydrogen) atoms. The number of aryl methyl sites for hydroxylation is 2. The highest BCUT2D eigenvalue weighted by Gasteiger charge is 2.20. The van der Waals surface area contributed by atoms with E-state index in [4.69, 9.17) is 4.42 Å². The van der Waals surface area contributed by atoms with Crippen LogP contribution >= 0.6 is 0 Å². The smallest absolute Gasteiger partial charge is 0.274 e. The Morgan fingerprint density at radius 2 is 1.87 bits per heavy atom. The first-order valence-electron chi connectivity index (χ1n) is 7.41. The van der Waals surface area contributed by atoms with Crippen molar-refractivity contribution >= 4 is 5.91 Å². The van der Waals surface area contributed by atoms with Crippen LogP contribution in [0, 0.1) is 13.8 Å². The highest BCUT2D eigenvalue weighted by molar-refractivity contribution is 5.93. The molecule has 1 aromatic carbocycles. The molecule has 3 rings (SSSR count). The maximum Gasteiger partial charge on any atom is 0.274 e. The van der Waals surface area contributed by atoms with E-state index in [1.54, 1.807) is 6.92 Å². The lowest BCUT2D eigenvalue weighted by atomic mass is 10.2. The normalized spacial score (nSPS) is 12.1. The molecule has 0 spiro atoms. The zero-order chi connectivity index (χ0) is 16.4. The number of benzene rings is 1. The van der Waals surface area contributed by atoms with Crippen molar-refractivity contribution in [1.82, 2.24) is 20.3 Å². The van der Waals surface area contributed by atoms with Gasteiger partial charge in [-0.15, -0.1) is 5.10 Å². The van der Waals surface area contributed by atoms with Crippen molar-refractivity contribution in [2.45, 2.75) is 26.8 Å². The monoisotopic (exact) mass is 310 g/mol. The summed E-state index contributed by atoms with van der Waals surface area (Å²) in [6.07, 6.45) is 0. The molecule has 2 aromatic heterocycles. The Hall–Kier alpha value is -2.89. The highest BCUT2D eigenvalue weighted by atomic mass is 16.3. The first kappa shape index (κ1) is 15.0. The summed E-state index contributed by atoms with van der Waals surface area (Å²) in [5, 5.41) is 11.5. The van der Waals surface area contributed by atoms with Crippen LogP contribution in [-0.2, 0) is 0 Å². The lowest BCUT2D eigenvalue weighted by Crippen LogP contribution is -2.27. The molecule has 0 saturated heterocycles. The number of nitrogens with one attached hydrogen (secondary N) is 1. The molecule has 0 fully saturated rings. The van der Waals surface area contributed by atoms with Crippen molar-refractivity contribution in [2.75, 3.05) is 0 Å². The first-order chi connectivity index (χ1) is 11.0. The average Bonchev–Trinajstić information content (AvgIpc) is 3.14. The summed E-state index contributed by atoms with van der Waals surface area (Å²) >= 11 is 0. The molecule has 0 aliphatic carbocycles. The van der Waals surface area contributed by atoms with Gasteiger partial charge >= 0.3 is 0 Å². The number of hydrogen-bond acceptors (Lipinski definition) is 4. The van der Waals surface area contributed by atoms with Crippen LogP contribution in [0.15, 0.2) is 46.9 Å². The van der Waals surface area contributed by atoms with E-state index in [9.17, 15) is 4.79 Å². The number of hydrogen-bond donors (Lipinski definition) is 1. The van der Waals surface area contributed by atoms with Gasteiger partial charge in [0.1, 0.15) is 11.5 Å². The number of carbonyl (C=O) groups excluding carboxylic acids is 1. The van der Waals surface area contributed by atoms with Gasteiger partial charge in [-0.25, -0.2) is 0 Å². The Kier molecular flexibility index (Phi) is 3.97. The largest absolute Gasteiger partial charge is 0.464 e. The van der Waals surface area contributed by atoms with Crippen molar-refractivity contribution in [3.8, 4) is 5.69 Å². The molecule has 2 heterocycles. The molecule has 1 amide bonds. The summed E-state index contributed by atoms with van der Waals surface area (Å²) in [6, 6.07) is 13.0. The first-order valence-corrected chi connectivity index (χ1v) is 7.41. The summed E-state index contributed by atoms with van der Waals surface area (Å²) < 4.78 is 5.53. The minimum absolute atomic E-state index is 0.238. The van der Waals surface area contributed by atoms with E-state index in [2.05, 4.69) is 15.5 Å². The van der Waals surface area contributed by atoms with E-state index in [1.165, 1.54) is 4.80 Å². The van der Waals surface area contributed by atoms with Crippen molar-refractivity contribution in [2.24, 2.45) is 0 Å². The Bertz CT molecular complexity index is 820. The molecule has 0 radical (unpaired) electrons. The molecule has 0 saturated carbocycles. The lowest BCUT2D eigenvalue weighted by Gasteiger charge is -2.10. The molecular weight excluding hydrogens is 292 g/mol. The van der Waals surface area contributed by atoms with Gasteiger partial charge in [0, 0.05) is 0 Å². The van der Waals surface area contributed by atoms with Gasteiger partial charge in [0.2, 0.25) is 0 Å². The van der Waals surface area contributed by atoms with Gasteiger partial charge in [0.15, 0.2) is 5.69 Å². The van der Waals surface area contributed by atoms with Crippen LogP contribution in [0.2, 0.25) is 0 Å². The van der Waals surface area contributed by atoms with Crippen molar-refractivity contribution < 1.29 is 9.21 Å². The quantitative estimate of drug-likeness (QED) is 0.804. The maximum absolute atomic E-state index is 12.4. The number of para-hydroxylation sites is 1. The number of aromatic nitrogens is 3. The molecule has 0 aliphatic rings. The van der Waals surface area contributed by atoms with Crippen LogP contribution in [0.3, 0.4) is 0 Å². The van der Waals surface area contributed by atoms with Crippen LogP contribution in [0.25, 0.3) is 5.69 Å². The van der Waals surface area contributed by atoms with E-state index in [-0.39, 0.29) is 11.9 Å². The van der Waals surface area contributed by atoms with Crippen molar-refractivity contribution in [1.29, 1.82) is 0 Å². The topological polar surface area (TPSA) is 73.0 Å². The van der Waals surface area contributed by atoms with Gasteiger partial charge < -0.3 is 9.73 Å². The van der Waals surface area contributed by atoms with Crippen molar-refractivity contribution in [3.05, 3.63) is 65.4 Å². The van der Waals surface area contributed by atoms with Gasteiger partial charge in [-0.3, -0.25) is 4.79 Å². The molecule has 6 nitrogen and oxygen atoms in total. The SMILES string of the molecule is Cc1ccc(C(C)NC(=O)c2nn(-c3ccccc3)nc2C)o1. The molecule has 0 aliphatic heterocycles. The van der Waals surface area contributed by atoms with Crippen LogP contribution in [0.5, 0.6) is 0 Å². The maximum atomic E-state index is 12.4. The van der Waals surface area contributed by atoms with E-state index in [0.29, 0.717) is 17.1 Å². The third-order valence-corrected chi connectivity index (χ3v) is 3.52. The summed E-state index contributed by atoms with van der Waals surface area (Å²) in [5.41, 5.74) is 1.70. The molecule has 118 valence electrons. The summed E-state index contributed by atoms with van der Waals surface area (Å²) in [4.78, 5) is 13.9. The third-order valence-electron chi connectivity index (χ3n) is 3.52. The fraction of sp³-hybridized carbons (Fsp3) is 0.235. The number of nitrogens with zero attached hydrogens (tertiary/aromatic N) is 3. The minimum atomic E-state index is -0.272. The zero-order valence-corrected chi connectivity index (χ0v) is 13.3. The number of furan rings is 1. The second-order valence-corrected chi connectivity index (χ2v) is 5.40. The molecule has 3 aromatic rings. The van der Waals surface area contributed by atoms with Crippen LogP contribution in [0.4, 0.5) is 0 Å².